The minimum atomic E-state index is -1.43. The van der Waals surface area contributed by atoms with Crippen LogP contribution in [0.2, 0.25) is 0 Å². The van der Waals surface area contributed by atoms with E-state index < -0.39 is 84.1 Å². The molecule has 2 saturated carbocycles. The summed E-state index contributed by atoms with van der Waals surface area (Å²) >= 11 is 0. The number of carbonyl (C=O) groups is 2. The topological polar surface area (TPSA) is 193 Å². The van der Waals surface area contributed by atoms with Crippen LogP contribution in [0.15, 0.2) is 84.9 Å². The molecule has 71 heavy (non-hydrogen) atoms. The van der Waals surface area contributed by atoms with E-state index in [0.29, 0.717) is 55.7 Å². The first-order chi connectivity index (χ1) is 33.3. The first-order valence-electron chi connectivity index (χ1n) is 22.4. The minimum absolute atomic E-state index is 0. The molecule has 19 heteroatoms. The van der Waals surface area contributed by atoms with Crippen LogP contribution in [0.25, 0.3) is 34.0 Å². The number of aliphatic hydroxyl groups is 4. The number of benzene rings is 4. The predicted molar refractivity (Wildman–Crippen MR) is 253 cm³/mol. The molecule has 12 nitrogen and oxygen atoms in total. The van der Waals surface area contributed by atoms with Crippen LogP contribution in [0.3, 0.4) is 0 Å². The van der Waals surface area contributed by atoms with Gasteiger partial charge in [0.25, 0.3) is 0 Å². The third-order valence-corrected chi connectivity index (χ3v) is 11.9. The number of nitrogens with zero attached hydrogens (tertiary/aromatic N) is 4. The average molecular weight is 1010 g/mol. The summed E-state index contributed by atoms with van der Waals surface area (Å²) in [5, 5.41) is 62.5. The van der Waals surface area contributed by atoms with Crippen molar-refractivity contribution in [3.05, 3.63) is 142 Å². The Balaban J connectivity index is 0.000000229. The van der Waals surface area contributed by atoms with Gasteiger partial charge in [-0.3, -0.25) is 9.97 Å². The molecule has 0 bridgehead atoms. The number of aromatic nitrogens is 2. The number of carbonyl (C=O) groups excluding carboxylic acids is 2. The van der Waals surface area contributed by atoms with E-state index in [-0.39, 0.29) is 73.8 Å². The van der Waals surface area contributed by atoms with E-state index in [2.05, 4.69) is 0 Å². The van der Waals surface area contributed by atoms with Crippen LogP contribution in [0, 0.1) is 34.9 Å². The van der Waals surface area contributed by atoms with Gasteiger partial charge in [0.15, 0.2) is 0 Å². The molecule has 4 aromatic carbocycles. The summed E-state index contributed by atoms with van der Waals surface area (Å²) in [6, 6.07) is 14.5. The van der Waals surface area contributed by atoms with Crippen molar-refractivity contribution in [3.8, 4) is 0 Å². The Bertz CT molecular complexity index is 2790. The van der Waals surface area contributed by atoms with E-state index in [1.807, 2.05) is 0 Å². The molecule has 4 N–H and O–H groups in total. The normalized spacial score (nSPS) is 15.3. The molecule has 4 atom stereocenters. The van der Waals surface area contributed by atoms with Gasteiger partial charge in [0, 0.05) is 97.6 Å². The summed E-state index contributed by atoms with van der Waals surface area (Å²) in [6.07, 6.45) is 2.68. The number of pyridine rings is 2. The van der Waals surface area contributed by atoms with Crippen molar-refractivity contribution in [2.45, 2.75) is 87.6 Å². The monoisotopic (exact) mass is 1010 g/mol. The summed E-state index contributed by atoms with van der Waals surface area (Å²) in [7, 11) is 3.15. The second kappa shape index (κ2) is 23.7. The molecule has 2 aromatic heterocycles. The van der Waals surface area contributed by atoms with Gasteiger partial charge in [0.2, 0.25) is 0 Å². The zero-order valence-electron chi connectivity index (χ0n) is 38.5. The number of carboxylic acids is 2. The molecule has 368 valence electrons. The van der Waals surface area contributed by atoms with Gasteiger partial charge in [0.05, 0.1) is 69.6 Å². The summed E-state index contributed by atoms with van der Waals surface area (Å²) < 4.78 is 85.1. The molecule has 0 amide bonds. The number of anilines is 4. The van der Waals surface area contributed by atoms with Crippen molar-refractivity contribution in [1.82, 2.24) is 9.97 Å². The second-order valence-corrected chi connectivity index (χ2v) is 17.5. The molecule has 6 aromatic rings. The van der Waals surface area contributed by atoms with Crippen molar-refractivity contribution in [1.29, 1.82) is 0 Å². The fourth-order valence-electron chi connectivity index (χ4n) is 8.32. The third-order valence-electron chi connectivity index (χ3n) is 11.9. The minimum Gasteiger partial charge on any atom is -0.550 e. The molecule has 2 fully saturated rings. The maximum atomic E-state index is 14.7. The molecular formula is C52H48CaF6N4O8. The number of halogens is 6. The molecule has 2 heterocycles. The van der Waals surface area contributed by atoms with Crippen molar-refractivity contribution >= 4 is 106 Å². The van der Waals surface area contributed by atoms with E-state index >= 15 is 0 Å². The van der Waals surface area contributed by atoms with Gasteiger partial charge < -0.3 is 50.0 Å². The summed E-state index contributed by atoms with van der Waals surface area (Å²) in [6.45, 7) is 0. The van der Waals surface area contributed by atoms with Crippen molar-refractivity contribution in [3.63, 3.8) is 0 Å². The van der Waals surface area contributed by atoms with Gasteiger partial charge in [-0.25, -0.2) is 26.3 Å². The molecule has 0 spiro atoms. The summed E-state index contributed by atoms with van der Waals surface area (Å²) in [5.74, 6) is -6.74. The zero-order chi connectivity index (χ0) is 50.6. The molecule has 0 saturated heterocycles. The van der Waals surface area contributed by atoms with E-state index in [1.165, 1.54) is 70.5 Å². The van der Waals surface area contributed by atoms with Crippen LogP contribution >= 0.6 is 0 Å². The average Bonchev–Trinajstić information content (AvgIpc) is 4.22. The fraction of sp³-hybridized carbons (Fsp3) is 0.308. The van der Waals surface area contributed by atoms with Gasteiger partial charge in [-0.2, -0.15) is 0 Å². The van der Waals surface area contributed by atoms with Crippen molar-refractivity contribution in [2.24, 2.45) is 0 Å². The Morgan fingerprint density at radius 2 is 0.930 bits per heavy atom. The summed E-state index contributed by atoms with van der Waals surface area (Å²) in [4.78, 5) is 33.8. The number of aliphatic hydroxyl groups excluding tert-OH is 4. The van der Waals surface area contributed by atoms with Crippen LogP contribution in [0.5, 0.6) is 0 Å². The standard InChI is InChI=1S/2C26H25F3N2O4.Ca/c2*1-31(23-9-5-16(28)11-21(23)29)26-19(7-6-17(32)12-18(33)13-24(34)35)25(14-2-3-14)30-22-8-4-15(27)10-20(22)26;/h2*4-11,14,17-18,32-33H,2-3,12-13H2,1H3,(H,34,35);/q;;+2/p-2/b2*7-6+;/t2*17-,18-;/m11./s1. The molecule has 8 rings (SSSR count). The number of aliphatic carboxylic acids is 2. The van der Waals surface area contributed by atoms with Gasteiger partial charge in [-0.05, 0) is 86.3 Å². The van der Waals surface area contributed by atoms with E-state index in [9.17, 15) is 66.6 Å². The van der Waals surface area contributed by atoms with E-state index in [0.717, 1.165) is 49.9 Å². The Labute approximate surface area is 434 Å². The largest absolute Gasteiger partial charge is 2.00 e. The van der Waals surface area contributed by atoms with Crippen molar-refractivity contribution in [2.75, 3.05) is 23.9 Å². The van der Waals surface area contributed by atoms with Crippen LogP contribution in [-0.4, -0.2) is 119 Å². The number of rotatable bonds is 18. The number of hydrogen-bond donors (Lipinski definition) is 4. The maximum absolute atomic E-state index is 14.7. The predicted octanol–water partition coefficient (Wildman–Crippen LogP) is 6.74. The first kappa shape index (κ1) is 54.7. The Kier molecular flexibility index (Phi) is 18.3. The zero-order valence-corrected chi connectivity index (χ0v) is 40.8. The molecule has 0 radical (unpaired) electrons. The van der Waals surface area contributed by atoms with E-state index in [4.69, 9.17) is 9.97 Å². The Morgan fingerprint density at radius 3 is 1.25 bits per heavy atom. The molecule has 0 aliphatic heterocycles. The van der Waals surface area contributed by atoms with Crippen LogP contribution in [0.1, 0.15) is 85.7 Å². The fourth-order valence-corrected chi connectivity index (χ4v) is 8.32. The second-order valence-electron chi connectivity index (χ2n) is 17.5. The Hall–Kier alpha value is -5.60. The van der Waals surface area contributed by atoms with Crippen LogP contribution in [0.4, 0.5) is 49.1 Å². The number of hydrogen-bond acceptors (Lipinski definition) is 12. The SMILES string of the molecule is CN(c1ccc(F)cc1F)c1c(/C=C/[C@@H](O)C[C@@H](O)CC(=O)[O-])c(C2CC2)nc2ccc(F)cc12.CN(c1ccc(F)cc1F)c1c(/C=C/[C@@H](O)C[C@@H](O)CC(=O)[O-])c(C2CC2)nc2ccc(F)cc12.[Ca+2]. The smallest absolute Gasteiger partial charge is 0.550 e. The third kappa shape index (κ3) is 13.9. The maximum Gasteiger partial charge on any atom is 2.00 e. The van der Waals surface area contributed by atoms with E-state index in [1.54, 1.807) is 26.2 Å². The summed E-state index contributed by atoms with van der Waals surface area (Å²) in [5.41, 5.74) is 4.37. The van der Waals surface area contributed by atoms with Crippen LogP contribution in [-0.2, 0) is 9.59 Å². The van der Waals surface area contributed by atoms with Crippen molar-refractivity contribution < 1.29 is 66.6 Å². The molecule has 2 aliphatic carbocycles. The molecule has 0 unspecified atom stereocenters. The molecule has 2 aliphatic rings. The van der Waals surface area contributed by atoms with Gasteiger partial charge in [0.1, 0.15) is 34.9 Å². The number of fused-ring (bicyclic) bond motifs is 2. The van der Waals surface area contributed by atoms with Crippen LogP contribution < -0.4 is 20.0 Å². The Morgan fingerprint density at radius 1 is 0.592 bits per heavy atom. The van der Waals surface area contributed by atoms with Gasteiger partial charge in [-0.15, -0.1) is 0 Å². The molecular weight excluding hydrogens is 963 g/mol. The van der Waals surface area contributed by atoms with Gasteiger partial charge >= 0.3 is 37.7 Å². The number of carboxylic acid groups (broad SMARTS) is 2. The quantitative estimate of drug-likeness (QED) is 0.0524. The first-order valence-corrected chi connectivity index (χ1v) is 22.4. The van der Waals surface area contributed by atoms with Gasteiger partial charge in [-0.1, -0.05) is 24.3 Å².